The lowest BCUT2D eigenvalue weighted by atomic mass is 10.0. The average Bonchev–Trinajstić information content (AvgIpc) is 2.68. The van der Waals surface area contributed by atoms with E-state index in [0.717, 1.165) is 12.1 Å². The van der Waals surface area contributed by atoms with Gasteiger partial charge >= 0.3 is 0 Å². The fourth-order valence-corrected chi connectivity index (χ4v) is 2.93. The monoisotopic (exact) mass is 262 g/mol. The first-order chi connectivity index (χ1) is 8.30. The van der Waals surface area contributed by atoms with E-state index in [-0.39, 0.29) is 0 Å². The summed E-state index contributed by atoms with van der Waals surface area (Å²) in [6.07, 6.45) is 0. The van der Waals surface area contributed by atoms with E-state index in [4.69, 9.17) is 16.9 Å². The van der Waals surface area contributed by atoms with Crippen LogP contribution < -0.4 is 5.32 Å². The van der Waals surface area contributed by atoms with Crippen molar-refractivity contribution >= 4 is 11.6 Å². The van der Waals surface area contributed by atoms with Crippen molar-refractivity contribution < 1.29 is 0 Å². The average molecular weight is 263 g/mol. The molecule has 1 N–H and O–H groups in total. The van der Waals surface area contributed by atoms with Crippen LogP contribution in [0, 0.1) is 22.2 Å². The van der Waals surface area contributed by atoms with Gasteiger partial charge in [-0.25, -0.2) is 0 Å². The number of benzene rings is 1. The van der Waals surface area contributed by atoms with E-state index < -0.39 is 0 Å². The summed E-state index contributed by atoms with van der Waals surface area (Å²) in [4.78, 5) is 0. The molecular weight excluding hydrogens is 244 g/mol. The summed E-state index contributed by atoms with van der Waals surface area (Å²) in [5.74, 6) is 0. The quantitative estimate of drug-likeness (QED) is 0.901. The Morgan fingerprint density at radius 1 is 1.28 bits per heavy atom. The maximum Gasteiger partial charge on any atom is 0.0992 e. The predicted octanol–water partition coefficient (Wildman–Crippen LogP) is 3.74. The lowest BCUT2D eigenvalue weighted by Gasteiger charge is -2.08. The summed E-state index contributed by atoms with van der Waals surface area (Å²) in [5.41, 5.74) is 2.31. The van der Waals surface area contributed by atoms with Crippen molar-refractivity contribution in [1.82, 2.24) is 5.32 Å². The van der Waals surface area contributed by atoms with Gasteiger partial charge in [-0.1, -0.05) is 45.4 Å². The van der Waals surface area contributed by atoms with Crippen molar-refractivity contribution in [2.45, 2.75) is 40.3 Å². The zero-order valence-corrected chi connectivity index (χ0v) is 12.1. The molecular formula is C15H19ClN2. The molecule has 2 nitrogen and oxygen atoms in total. The second-order valence-electron chi connectivity index (χ2n) is 6.18. The molecule has 3 heteroatoms. The Morgan fingerprint density at radius 2 is 1.89 bits per heavy atom. The van der Waals surface area contributed by atoms with Crippen LogP contribution in [0.5, 0.6) is 0 Å². The highest BCUT2D eigenvalue weighted by Crippen LogP contribution is 2.62. The van der Waals surface area contributed by atoms with Gasteiger partial charge in [0, 0.05) is 17.6 Å². The molecule has 1 saturated carbocycles. The summed E-state index contributed by atoms with van der Waals surface area (Å²) in [6.45, 7) is 9.88. The van der Waals surface area contributed by atoms with Crippen LogP contribution in [-0.2, 0) is 6.54 Å². The van der Waals surface area contributed by atoms with E-state index in [1.54, 1.807) is 6.07 Å². The van der Waals surface area contributed by atoms with Crippen molar-refractivity contribution in [2.75, 3.05) is 0 Å². The molecule has 1 fully saturated rings. The SMILES string of the molecule is CC1(C)C(NCc2ccc(C#N)cc2Cl)C1(C)C. The van der Waals surface area contributed by atoms with E-state index in [1.165, 1.54) is 0 Å². The molecule has 0 aliphatic heterocycles. The molecule has 0 unspecified atom stereocenters. The standard InChI is InChI=1S/C15H19ClN2/c1-14(2)13(15(14,3)4)18-9-11-6-5-10(8-17)7-12(11)16/h5-7,13,18H,9H2,1-4H3. The van der Waals surface area contributed by atoms with Crippen LogP contribution in [0.2, 0.25) is 5.02 Å². The molecule has 1 aliphatic rings. The number of nitriles is 1. The molecule has 1 aliphatic carbocycles. The van der Waals surface area contributed by atoms with Gasteiger partial charge in [0.25, 0.3) is 0 Å². The molecule has 0 saturated heterocycles. The van der Waals surface area contributed by atoms with Gasteiger partial charge in [-0.05, 0) is 28.5 Å². The topological polar surface area (TPSA) is 35.8 Å². The van der Waals surface area contributed by atoms with Gasteiger partial charge in [-0.2, -0.15) is 5.26 Å². The highest BCUT2D eigenvalue weighted by atomic mass is 35.5. The van der Waals surface area contributed by atoms with E-state index in [1.807, 2.05) is 12.1 Å². The highest BCUT2D eigenvalue weighted by Gasteiger charge is 2.64. The molecule has 96 valence electrons. The Kier molecular flexibility index (Phi) is 3.17. The molecule has 0 aromatic heterocycles. The fraction of sp³-hybridized carbons (Fsp3) is 0.533. The number of rotatable bonds is 3. The Bertz CT molecular complexity index is 498. The summed E-state index contributed by atoms with van der Waals surface area (Å²) in [6, 6.07) is 8.07. The van der Waals surface area contributed by atoms with Crippen molar-refractivity contribution in [3.8, 4) is 6.07 Å². The maximum absolute atomic E-state index is 8.79. The molecule has 0 atom stereocenters. The summed E-state index contributed by atoms with van der Waals surface area (Å²) in [5, 5.41) is 13.0. The predicted molar refractivity (Wildman–Crippen MR) is 74.4 cm³/mol. The van der Waals surface area contributed by atoms with Crippen molar-refractivity contribution in [2.24, 2.45) is 10.8 Å². The molecule has 0 radical (unpaired) electrons. The molecule has 2 rings (SSSR count). The second kappa shape index (κ2) is 4.26. The number of hydrogen-bond acceptors (Lipinski definition) is 2. The number of nitrogens with zero attached hydrogens (tertiary/aromatic N) is 1. The molecule has 0 amide bonds. The fourth-order valence-electron chi connectivity index (χ4n) is 2.68. The van der Waals surface area contributed by atoms with Gasteiger partial charge in [0.1, 0.15) is 0 Å². The van der Waals surface area contributed by atoms with E-state index >= 15 is 0 Å². The third-order valence-corrected chi connectivity index (χ3v) is 5.05. The smallest absolute Gasteiger partial charge is 0.0992 e. The van der Waals surface area contributed by atoms with Crippen molar-refractivity contribution in [3.05, 3.63) is 34.3 Å². The first-order valence-corrected chi connectivity index (χ1v) is 6.60. The molecule has 0 heterocycles. The van der Waals surface area contributed by atoms with Gasteiger partial charge in [-0.15, -0.1) is 0 Å². The van der Waals surface area contributed by atoms with Crippen LogP contribution in [-0.4, -0.2) is 6.04 Å². The molecule has 18 heavy (non-hydrogen) atoms. The summed E-state index contributed by atoms with van der Waals surface area (Å²) in [7, 11) is 0. The Hall–Kier alpha value is -1.04. The van der Waals surface area contributed by atoms with E-state index in [9.17, 15) is 0 Å². The molecule has 1 aromatic carbocycles. The lowest BCUT2D eigenvalue weighted by molar-refractivity contribution is 0.457. The van der Waals surface area contributed by atoms with Gasteiger partial charge in [-0.3, -0.25) is 0 Å². The van der Waals surface area contributed by atoms with Gasteiger partial charge in [0.2, 0.25) is 0 Å². The zero-order chi connectivity index (χ0) is 13.6. The summed E-state index contributed by atoms with van der Waals surface area (Å²) >= 11 is 6.16. The van der Waals surface area contributed by atoms with Crippen LogP contribution in [0.3, 0.4) is 0 Å². The molecule has 0 bridgehead atoms. The third-order valence-electron chi connectivity index (χ3n) is 4.70. The second-order valence-corrected chi connectivity index (χ2v) is 6.58. The minimum Gasteiger partial charge on any atom is -0.309 e. The minimum atomic E-state index is 0.325. The Labute approximate surface area is 114 Å². The van der Waals surface area contributed by atoms with Crippen LogP contribution in [0.1, 0.15) is 38.8 Å². The normalized spacial score (nSPS) is 20.4. The highest BCUT2D eigenvalue weighted by molar-refractivity contribution is 6.31. The zero-order valence-electron chi connectivity index (χ0n) is 11.3. The number of halogens is 1. The summed E-state index contributed by atoms with van der Waals surface area (Å²) < 4.78 is 0. The lowest BCUT2D eigenvalue weighted by Crippen LogP contribution is -2.21. The van der Waals surface area contributed by atoms with Crippen LogP contribution in [0.4, 0.5) is 0 Å². The largest absolute Gasteiger partial charge is 0.309 e. The molecule has 0 spiro atoms. The third kappa shape index (κ3) is 2.02. The van der Waals surface area contributed by atoms with Crippen LogP contribution in [0.15, 0.2) is 18.2 Å². The van der Waals surface area contributed by atoms with Crippen molar-refractivity contribution in [1.29, 1.82) is 5.26 Å². The van der Waals surface area contributed by atoms with Crippen LogP contribution >= 0.6 is 11.6 Å². The van der Waals surface area contributed by atoms with Gasteiger partial charge in [0.05, 0.1) is 11.6 Å². The number of nitrogens with one attached hydrogen (secondary N) is 1. The Balaban J connectivity index is 2.03. The minimum absolute atomic E-state index is 0.325. The van der Waals surface area contributed by atoms with Crippen molar-refractivity contribution in [3.63, 3.8) is 0 Å². The van der Waals surface area contributed by atoms with E-state index in [0.29, 0.717) is 27.5 Å². The van der Waals surface area contributed by atoms with Gasteiger partial charge < -0.3 is 5.32 Å². The first kappa shape index (κ1) is 13.4. The first-order valence-electron chi connectivity index (χ1n) is 6.22. The van der Waals surface area contributed by atoms with E-state index in [2.05, 4.69) is 39.1 Å². The van der Waals surface area contributed by atoms with Crippen LogP contribution in [0.25, 0.3) is 0 Å². The molecule has 1 aromatic rings. The Morgan fingerprint density at radius 3 is 2.33 bits per heavy atom. The van der Waals surface area contributed by atoms with Gasteiger partial charge in [0.15, 0.2) is 0 Å². The number of hydrogen-bond donors (Lipinski definition) is 1. The maximum atomic E-state index is 8.79.